The van der Waals surface area contributed by atoms with E-state index in [-0.39, 0.29) is 18.0 Å². The number of carbonyl (C=O) groups is 1. The second-order valence-electron chi connectivity index (χ2n) is 9.47. The molecule has 3 nitrogen and oxygen atoms in total. The van der Waals surface area contributed by atoms with Crippen LogP contribution in [0, 0.1) is 5.92 Å². The number of rotatable bonds is 5. The van der Waals surface area contributed by atoms with E-state index in [2.05, 4.69) is 61.8 Å². The van der Waals surface area contributed by atoms with E-state index >= 15 is 0 Å². The molecule has 1 spiro atoms. The van der Waals surface area contributed by atoms with Crippen LogP contribution in [0.15, 0.2) is 24.3 Å². The topological polar surface area (TPSA) is 23.6 Å². The molecule has 1 heterocycles. The van der Waals surface area contributed by atoms with Gasteiger partial charge in [-0.25, -0.2) is 0 Å². The third-order valence-electron chi connectivity index (χ3n) is 6.88. The number of benzene rings is 1. The number of nitrogens with zero attached hydrogens (tertiary/aromatic N) is 2. The third-order valence-corrected chi connectivity index (χ3v) is 6.88. The lowest BCUT2D eigenvalue weighted by molar-refractivity contribution is -0.133. The number of fused-ring (bicyclic) bond motifs is 2. The van der Waals surface area contributed by atoms with Gasteiger partial charge in [-0.15, -0.1) is 0 Å². The van der Waals surface area contributed by atoms with Crippen LogP contribution in [-0.4, -0.2) is 41.4 Å². The van der Waals surface area contributed by atoms with Gasteiger partial charge in [0.1, 0.15) is 0 Å². The van der Waals surface area contributed by atoms with Crippen molar-refractivity contribution in [3.63, 3.8) is 0 Å². The Balaban J connectivity index is 1.82. The summed E-state index contributed by atoms with van der Waals surface area (Å²) in [6, 6.07) is 9.47. The van der Waals surface area contributed by atoms with Crippen LogP contribution in [0.4, 0.5) is 0 Å². The maximum Gasteiger partial charge on any atom is 0.220 e. The number of hydrogen-bond donors (Lipinski definition) is 0. The lowest BCUT2D eigenvalue weighted by Crippen LogP contribution is -2.48. The molecule has 3 rings (SSSR count). The highest BCUT2D eigenvalue weighted by Gasteiger charge is 2.43. The van der Waals surface area contributed by atoms with Crippen LogP contribution < -0.4 is 0 Å². The number of likely N-dealkylation sites (tertiary alicyclic amines) is 1. The molecule has 3 heteroatoms. The third kappa shape index (κ3) is 4.23. The molecule has 1 aromatic carbocycles. The van der Waals surface area contributed by atoms with E-state index in [1.807, 2.05) is 0 Å². The maximum absolute atomic E-state index is 12.4. The van der Waals surface area contributed by atoms with E-state index in [1.54, 1.807) is 6.92 Å². The van der Waals surface area contributed by atoms with Crippen LogP contribution in [0.25, 0.3) is 0 Å². The van der Waals surface area contributed by atoms with Gasteiger partial charge >= 0.3 is 0 Å². The normalized spacial score (nSPS) is 22.3. The monoisotopic (exact) mass is 370 g/mol. The first kappa shape index (κ1) is 20.4. The zero-order valence-electron chi connectivity index (χ0n) is 18.0. The van der Waals surface area contributed by atoms with E-state index in [0.717, 1.165) is 12.3 Å². The Morgan fingerprint density at radius 1 is 1.15 bits per heavy atom. The first-order valence-electron chi connectivity index (χ1n) is 10.9. The van der Waals surface area contributed by atoms with Crippen molar-refractivity contribution in [2.45, 2.75) is 84.2 Å². The van der Waals surface area contributed by atoms with Crippen LogP contribution in [0.2, 0.25) is 0 Å². The molecule has 1 saturated heterocycles. The molecule has 2 aliphatic rings. The van der Waals surface area contributed by atoms with E-state index in [9.17, 15) is 4.79 Å². The van der Waals surface area contributed by atoms with E-state index in [1.165, 1.54) is 56.4 Å². The highest BCUT2D eigenvalue weighted by atomic mass is 16.2. The number of amides is 1. The Bertz CT molecular complexity index is 644. The maximum atomic E-state index is 12.4. The van der Waals surface area contributed by atoms with E-state index in [0.29, 0.717) is 5.41 Å². The van der Waals surface area contributed by atoms with Crippen molar-refractivity contribution < 1.29 is 4.79 Å². The summed E-state index contributed by atoms with van der Waals surface area (Å²) >= 11 is 0. The van der Waals surface area contributed by atoms with Crippen molar-refractivity contribution in [3.8, 4) is 0 Å². The molecule has 1 aromatic rings. The van der Waals surface area contributed by atoms with Gasteiger partial charge < -0.3 is 9.80 Å². The van der Waals surface area contributed by atoms with E-state index in [4.69, 9.17) is 0 Å². The molecule has 0 aromatic heterocycles. The van der Waals surface area contributed by atoms with Crippen molar-refractivity contribution in [1.82, 2.24) is 9.80 Å². The molecule has 0 unspecified atom stereocenters. The molecule has 1 fully saturated rings. The Kier molecular flexibility index (Phi) is 6.30. The summed E-state index contributed by atoms with van der Waals surface area (Å²) in [6.07, 6.45) is 6.13. The number of carbonyl (C=O) groups excluding carboxylic acids is 1. The van der Waals surface area contributed by atoms with Crippen LogP contribution >= 0.6 is 0 Å². The highest BCUT2D eigenvalue weighted by molar-refractivity contribution is 5.74. The Hall–Kier alpha value is -1.35. The van der Waals surface area contributed by atoms with Gasteiger partial charge in [0.05, 0.1) is 6.04 Å². The minimum atomic E-state index is 0.198. The molecule has 1 atom stereocenters. The largest absolute Gasteiger partial charge is 0.333 e. The van der Waals surface area contributed by atoms with Gasteiger partial charge in [-0.05, 0) is 88.0 Å². The van der Waals surface area contributed by atoms with Crippen molar-refractivity contribution in [1.29, 1.82) is 0 Å². The number of piperidine rings is 1. The minimum Gasteiger partial charge on any atom is -0.333 e. The lowest BCUT2D eigenvalue weighted by Gasteiger charge is -2.49. The zero-order valence-corrected chi connectivity index (χ0v) is 18.0. The smallest absolute Gasteiger partial charge is 0.220 e. The van der Waals surface area contributed by atoms with Crippen molar-refractivity contribution in [2.75, 3.05) is 19.6 Å². The molecule has 0 bridgehead atoms. The fraction of sp³-hybridized carbons (Fsp3) is 0.708. The summed E-state index contributed by atoms with van der Waals surface area (Å²) in [5.41, 5.74) is 3.25. The van der Waals surface area contributed by atoms with Gasteiger partial charge in [0, 0.05) is 13.0 Å². The van der Waals surface area contributed by atoms with Gasteiger partial charge in [0.15, 0.2) is 0 Å². The molecule has 27 heavy (non-hydrogen) atoms. The van der Waals surface area contributed by atoms with Gasteiger partial charge in [-0.1, -0.05) is 38.1 Å². The van der Waals surface area contributed by atoms with Gasteiger partial charge in [0.2, 0.25) is 5.91 Å². The predicted octanol–water partition coefficient (Wildman–Crippen LogP) is 5.16. The van der Waals surface area contributed by atoms with Crippen LogP contribution in [0.1, 0.15) is 83.9 Å². The van der Waals surface area contributed by atoms with Gasteiger partial charge in [-0.2, -0.15) is 0 Å². The Morgan fingerprint density at radius 2 is 1.81 bits per heavy atom. The van der Waals surface area contributed by atoms with Crippen molar-refractivity contribution in [3.05, 3.63) is 35.4 Å². The van der Waals surface area contributed by atoms with Crippen LogP contribution in [0.5, 0.6) is 0 Å². The average Bonchev–Trinajstić information content (AvgIpc) is 2.63. The molecule has 0 saturated carbocycles. The van der Waals surface area contributed by atoms with Crippen molar-refractivity contribution >= 4 is 5.91 Å². The molecule has 150 valence electrons. The zero-order chi connectivity index (χ0) is 19.6. The fourth-order valence-corrected chi connectivity index (χ4v) is 5.37. The second kappa shape index (κ2) is 8.34. The molecular formula is C24H38N2O. The summed E-state index contributed by atoms with van der Waals surface area (Å²) in [7, 11) is 0. The van der Waals surface area contributed by atoms with E-state index < -0.39 is 0 Å². The summed E-state index contributed by atoms with van der Waals surface area (Å²) < 4.78 is 0. The quantitative estimate of drug-likeness (QED) is 0.715. The Labute approximate surface area is 166 Å². The highest BCUT2D eigenvalue weighted by Crippen LogP contribution is 2.49. The van der Waals surface area contributed by atoms with Crippen LogP contribution in [-0.2, 0) is 10.2 Å². The molecule has 1 aliphatic carbocycles. The minimum absolute atomic E-state index is 0.198. The first-order valence-corrected chi connectivity index (χ1v) is 10.9. The molecule has 1 aliphatic heterocycles. The van der Waals surface area contributed by atoms with Gasteiger partial charge in [0.25, 0.3) is 0 Å². The predicted molar refractivity (Wildman–Crippen MR) is 113 cm³/mol. The summed E-state index contributed by atoms with van der Waals surface area (Å²) in [5.74, 6) is 0.981. The second-order valence-corrected chi connectivity index (χ2v) is 9.47. The van der Waals surface area contributed by atoms with Crippen LogP contribution in [0.3, 0.4) is 0 Å². The Morgan fingerprint density at radius 3 is 2.41 bits per heavy atom. The molecule has 0 N–H and O–H groups in total. The molecule has 0 radical (unpaired) electrons. The summed E-state index contributed by atoms with van der Waals surface area (Å²) in [6.45, 7) is 14.3. The molecule has 1 amide bonds. The van der Waals surface area contributed by atoms with Gasteiger partial charge in [-0.3, -0.25) is 4.79 Å². The average molecular weight is 371 g/mol. The van der Waals surface area contributed by atoms with Crippen molar-refractivity contribution in [2.24, 2.45) is 5.92 Å². The fourth-order valence-electron chi connectivity index (χ4n) is 5.37. The number of hydrogen-bond acceptors (Lipinski definition) is 2. The standard InChI is InChI=1S/C24H38N2O/c1-18(2)11-15-25-16-13-24(14-17-25)12-10-23(26(19(3)4)20(5)27)21-8-6-7-9-22(21)24/h6-9,18-19,23H,10-17H2,1-5H3/t23-/m0/s1. The molecular weight excluding hydrogens is 332 g/mol. The summed E-state index contributed by atoms with van der Waals surface area (Å²) in [5, 5.41) is 0. The SMILES string of the molecule is CC(=O)N(C(C)C)[C@H]1CCC2(CCN(CCC(C)C)CC2)c2ccccc21. The first-order chi connectivity index (χ1) is 12.8. The summed E-state index contributed by atoms with van der Waals surface area (Å²) in [4.78, 5) is 17.1. The lowest BCUT2D eigenvalue weighted by atomic mass is 9.63.